The van der Waals surface area contributed by atoms with Gasteiger partial charge in [0, 0.05) is 26.0 Å². The van der Waals surface area contributed by atoms with Crippen LogP contribution in [0.15, 0.2) is 12.4 Å². The Morgan fingerprint density at radius 2 is 2.40 bits per heavy atom. The zero-order chi connectivity index (χ0) is 11.1. The Morgan fingerprint density at radius 1 is 1.67 bits per heavy atom. The number of urea groups is 1. The Morgan fingerprint density at radius 3 is 2.80 bits per heavy atom. The Balaban J connectivity index is 0.00000128. The molecule has 0 saturated carbocycles. The lowest BCUT2D eigenvalue weighted by Crippen LogP contribution is -2.51. The third kappa shape index (κ3) is 1.20. The first-order valence-corrected chi connectivity index (χ1v) is 4.41. The zero-order valence-corrected chi connectivity index (χ0v) is 8.15. The minimum absolute atomic E-state index is 0. The number of rotatable bonds is 2. The normalized spacial score (nSPS) is 25.2. The molecule has 2 heterocycles. The van der Waals surface area contributed by atoms with Crippen LogP contribution in [0.1, 0.15) is 7.25 Å². The molecule has 1 fully saturated rings. The van der Waals surface area contributed by atoms with Crippen LogP contribution in [0.25, 0.3) is 0 Å². The summed E-state index contributed by atoms with van der Waals surface area (Å²) >= 11 is 0. The van der Waals surface area contributed by atoms with Crippen LogP contribution >= 0.6 is 0 Å². The summed E-state index contributed by atoms with van der Waals surface area (Å²) in [4.78, 5) is 26.8. The van der Waals surface area contributed by atoms with Crippen LogP contribution in [0, 0.1) is 0 Å². The fourth-order valence-corrected chi connectivity index (χ4v) is 1.66. The predicted molar refractivity (Wildman–Crippen MR) is 51.7 cm³/mol. The molecule has 1 atom stereocenters. The molecular weight excluding hydrogens is 198 g/mol. The van der Waals surface area contributed by atoms with E-state index in [1.807, 2.05) is 0 Å². The van der Waals surface area contributed by atoms with Gasteiger partial charge in [-0.05, 0) is 0 Å². The number of nitrogens with one attached hydrogen (secondary N) is 2. The molecule has 7 heteroatoms. The van der Waals surface area contributed by atoms with Crippen LogP contribution in [-0.2, 0) is 17.4 Å². The standard InChI is InChI=1S/C8H11N5O2/c1-13-3-2-10-5(13)8(4-9)6(14)11-7(15)12-8/h2-3H,4,9H2,1H3,(H2,11,12,14,15)/p+1. The van der Waals surface area contributed by atoms with E-state index in [1.54, 1.807) is 24.0 Å². The predicted octanol–water partition coefficient (Wildman–Crippen LogP) is -1.47. The topological polar surface area (TPSA) is 102 Å². The summed E-state index contributed by atoms with van der Waals surface area (Å²) < 4.78 is 1.65. The van der Waals surface area contributed by atoms with Gasteiger partial charge in [-0.2, -0.15) is 0 Å². The van der Waals surface area contributed by atoms with Gasteiger partial charge in [-0.25, -0.2) is 9.78 Å². The molecule has 15 heavy (non-hydrogen) atoms. The number of aromatic nitrogens is 2. The first-order chi connectivity index (χ1) is 7.10. The molecule has 1 aromatic rings. The average molecular weight is 210 g/mol. The van der Waals surface area contributed by atoms with E-state index >= 15 is 0 Å². The summed E-state index contributed by atoms with van der Waals surface area (Å²) in [5.41, 5.74) is 4.31. The molecule has 0 radical (unpaired) electrons. The van der Waals surface area contributed by atoms with Crippen molar-refractivity contribution in [2.45, 2.75) is 5.54 Å². The largest absolute Gasteiger partial charge is 1.00 e. The molecule has 1 aliphatic rings. The molecule has 0 spiro atoms. The SMILES string of the molecule is Cn1ccnc1C1(CN)NC(=O)NC1=O.[H+]. The third-order valence-corrected chi connectivity index (χ3v) is 2.45. The molecule has 1 aliphatic heterocycles. The van der Waals surface area contributed by atoms with Gasteiger partial charge in [-0.3, -0.25) is 10.1 Å². The summed E-state index contributed by atoms with van der Waals surface area (Å²) in [5.74, 6) is -0.0438. The smallest absolute Gasteiger partial charge is 0.336 e. The maximum atomic E-state index is 11.7. The molecule has 1 aromatic heterocycles. The number of hydrogen-bond acceptors (Lipinski definition) is 4. The lowest BCUT2D eigenvalue weighted by atomic mass is 9.99. The van der Waals surface area contributed by atoms with Gasteiger partial charge in [0.2, 0.25) is 0 Å². The van der Waals surface area contributed by atoms with Crippen molar-refractivity contribution in [3.63, 3.8) is 0 Å². The van der Waals surface area contributed by atoms with E-state index in [2.05, 4.69) is 15.6 Å². The summed E-state index contributed by atoms with van der Waals surface area (Å²) in [7, 11) is 1.73. The lowest BCUT2D eigenvalue weighted by Gasteiger charge is -2.23. The number of carbonyl (C=O) groups is 2. The first-order valence-electron chi connectivity index (χ1n) is 4.41. The minimum atomic E-state index is -1.24. The molecule has 0 bridgehead atoms. The van der Waals surface area contributed by atoms with Gasteiger partial charge < -0.3 is 15.6 Å². The summed E-state index contributed by atoms with van der Waals surface area (Å²) in [5, 5.41) is 4.65. The fraction of sp³-hybridized carbons (Fsp3) is 0.375. The molecule has 3 amide bonds. The number of amides is 3. The van der Waals surface area contributed by atoms with Crippen molar-refractivity contribution in [3.05, 3.63) is 18.2 Å². The van der Waals surface area contributed by atoms with Crippen LogP contribution in [0.5, 0.6) is 0 Å². The van der Waals surface area contributed by atoms with Crippen molar-refractivity contribution in [1.82, 2.24) is 20.2 Å². The van der Waals surface area contributed by atoms with Crippen molar-refractivity contribution >= 4 is 11.9 Å². The Labute approximate surface area is 87.1 Å². The summed E-state index contributed by atoms with van der Waals surface area (Å²) in [6, 6.07) is -0.548. The van der Waals surface area contributed by atoms with Gasteiger partial charge >= 0.3 is 7.46 Å². The second-order valence-electron chi connectivity index (χ2n) is 3.38. The lowest BCUT2D eigenvalue weighted by molar-refractivity contribution is -0.124. The minimum Gasteiger partial charge on any atom is -0.336 e. The fourth-order valence-electron chi connectivity index (χ4n) is 1.66. The number of carbonyl (C=O) groups excluding carboxylic acids is 2. The molecule has 1 saturated heterocycles. The van der Waals surface area contributed by atoms with E-state index in [4.69, 9.17) is 5.73 Å². The molecule has 4 N–H and O–H groups in total. The number of imidazole rings is 1. The molecular formula is C8H12N5O2+. The van der Waals surface area contributed by atoms with E-state index in [-0.39, 0.29) is 7.97 Å². The summed E-state index contributed by atoms with van der Waals surface area (Å²) in [6.07, 6.45) is 3.23. The Kier molecular flexibility index (Phi) is 1.97. The van der Waals surface area contributed by atoms with E-state index in [0.717, 1.165) is 0 Å². The molecule has 80 valence electrons. The van der Waals surface area contributed by atoms with E-state index in [9.17, 15) is 9.59 Å². The number of imide groups is 1. The number of nitrogens with zero attached hydrogens (tertiary/aromatic N) is 2. The van der Waals surface area contributed by atoms with Crippen LogP contribution in [-0.4, -0.2) is 28.0 Å². The first kappa shape index (κ1) is 9.66. The van der Waals surface area contributed by atoms with Crippen LogP contribution < -0.4 is 16.4 Å². The second-order valence-corrected chi connectivity index (χ2v) is 3.38. The maximum absolute atomic E-state index is 11.7. The summed E-state index contributed by atoms with van der Waals surface area (Å²) in [6.45, 7) is -0.0323. The molecule has 1 unspecified atom stereocenters. The number of aryl methyl sites for hydroxylation is 1. The highest BCUT2D eigenvalue weighted by Gasteiger charge is 2.49. The maximum Gasteiger partial charge on any atom is 1.00 e. The quantitative estimate of drug-likeness (QED) is 0.518. The average Bonchev–Trinajstić information content (AvgIpc) is 2.71. The van der Waals surface area contributed by atoms with Gasteiger partial charge in [0.1, 0.15) is 5.82 Å². The van der Waals surface area contributed by atoms with Crippen LogP contribution in [0.4, 0.5) is 4.79 Å². The number of nitrogens with two attached hydrogens (primary N) is 1. The highest BCUT2D eigenvalue weighted by molar-refractivity contribution is 6.07. The van der Waals surface area contributed by atoms with Gasteiger partial charge in [0.25, 0.3) is 5.91 Å². The molecule has 7 nitrogen and oxygen atoms in total. The van der Waals surface area contributed by atoms with Gasteiger partial charge in [-0.15, -0.1) is 0 Å². The molecule has 0 aromatic carbocycles. The Hall–Kier alpha value is -1.89. The second kappa shape index (κ2) is 3.06. The number of hydrogen-bond donors (Lipinski definition) is 3. The van der Waals surface area contributed by atoms with Crippen LogP contribution in [0.3, 0.4) is 0 Å². The van der Waals surface area contributed by atoms with Crippen molar-refractivity contribution < 1.29 is 11.0 Å². The Bertz CT molecular complexity index is 432. The van der Waals surface area contributed by atoms with E-state index in [1.165, 1.54) is 0 Å². The zero-order valence-electron chi connectivity index (χ0n) is 9.15. The highest BCUT2D eigenvalue weighted by Crippen LogP contribution is 2.21. The monoisotopic (exact) mass is 210 g/mol. The highest BCUT2D eigenvalue weighted by atomic mass is 16.2. The molecule has 2 rings (SSSR count). The van der Waals surface area contributed by atoms with Gasteiger partial charge in [0.15, 0.2) is 5.54 Å². The van der Waals surface area contributed by atoms with E-state index in [0.29, 0.717) is 5.82 Å². The third-order valence-electron chi connectivity index (χ3n) is 2.45. The molecule has 0 aliphatic carbocycles. The van der Waals surface area contributed by atoms with Crippen molar-refractivity contribution in [1.29, 1.82) is 0 Å². The van der Waals surface area contributed by atoms with Crippen molar-refractivity contribution in [2.75, 3.05) is 6.54 Å². The van der Waals surface area contributed by atoms with Crippen molar-refractivity contribution in [2.24, 2.45) is 12.8 Å². The van der Waals surface area contributed by atoms with Crippen molar-refractivity contribution in [3.8, 4) is 0 Å². The van der Waals surface area contributed by atoms with Gasteiger partial charge in [0.05, 0.1) is 0 Å². The van der Waals surface area contributed by atoms with Gasteiger partial charge in [-0.1, -0.05) is 0 Å². The van der Waals surface area contributed by atoms with E-state index < -0.39 is 17.5 Å². The van der Waals surface area contributed by atoms with Crippen LogP contribution in [0.2, 0.25) is 0 Å².